The maximum absolute atomic E-state index is 12.6. The van der Waals surface area contributed by atoms with Crippen LogP contribution in [0.5, 0.6) is 0 Å². The fraction of sp³-hybridized carbons (Fsp3) is 0.0556. The normalized spacial score (nSPS) is 10.6. The number of fused-ring (bicyclic) bond motifs is 1. The monoisotopic (exact) mass is 374 g/mol. The first kappa shape index (κ1) is 17.2. The molecule has 0 unspecified atom stereocenters. The second-order valence-electron chi connectivity index (χ2n) is 5.29. The largest absolute Gasteiger partial charge is 0.481 e. The lowest BCUT2D eigenvalue weighted by Crippen LogP contribution is -2.14. The highest BCUT2D eigenvalue weighted by molar-refractivity contribution is 6.40. The lowest BCUT2D eigenvalue weighted by atomic mass is 10.1. The molecule has 0 bridgehead atoms. The van der Waals surface area contributed by atoms with E-state index < -0.39 is 11.9 Å². The van der Waals surface area contributed by atoms with E-state index >= 15 is 0 Å². The van der Waals surface area contributed by atoms with Crippen molar-refractivity contribution in [2.24, 2.45) is 0 Å². The van der Waals surface area contributed by atoms with Crippen molar-refractivity contribution in [3.05, 3.63) is 69.8 Å². The summed E-state index contributed by atoms with van der Waals surface area (Å²) in [7, 11) is 0. The fourth-order valence-electron chi connectivity index (χ4n) is 2.55. The summed E-state index contributed by atoms with van der Waals surface area (Å²) >= 11 is 12.1. The molecule has 1 aromatic heterocycles. The van der Waals surface area contributed by atoms with E-state index in [-0.39, 0.29) is 22.0 Å². The molecule has 3 aromatic rings. The lowest BCUT2D eigenvalue weighted by Gasteiger charge is -2.11. The number of nitrogens with zero attached hydrogens (tertiary/aromatic N) is 1. The van der Waals surface area contributed by atoms with Crippen LogP contribution >= 0.6 is 23.2 Å². The summed E-state index contributed by atoms with van der Waals surface area (Å²) < 4.78 is 0. The Bertz CT molecular complexity index is 969. The number of carbonyl (C=O) groups excluding carboxylic acids is 1. The third-order valence-electron chi connectivity index (χ3n) is 3.64. The molecule has 126 valence electrons. The van der Waals surface area contributed by atoms with E-state index in [1.807, 2.05) is 0 Å². The number of anilines is 1. The van der Waals surface area contributed by atoms with Crippen LogP contribution in [0, 0.1) is 0 Å². The number of aliphatic carboxylic acids is 1. The number of carboxylic acids is 1. The number of rotatable bonds is 4. The van der Waals surface area contributed by atoms with Gasteiger partial charge in [0.1, 0.15) is 0 Å². The number of hydrogen-bond acceptors (Lipinski definition) is 3. The molecule has 0 aliphatic heterocycles. The van der Waals surface area contributed by atoms with E-state index in [0.29, 0.717) is 22.2 Å². The van der Waals surface area contributed by atoms with E-state index in [1.165, 1.54) is 6.20 Å². The third-order valence-corrected chi connectivity index (χ3v) is 4.27. The Morgan fingerprint density at radius 2 is 1.72 bits per heavy atom. The first-order valence-corrected chi connectivity index (χ1v) is 8.06. The predicted molar refractivity (Wildman–Crippen MR) is 97.5 cm³/mol. The molecule has 25 heavy (non-hydrogen) atoms. The van der Waals surface area contributed by atoms with Crippen LogP contribution in [0.4, 0.5) is 5.69 Å². The smallest absolute Gasteiger partial charge is 0.307 e. The van der Waals surface area contributed by atoms with E-state index in [2.05, 4.69) is 10.3 Å². The van der Waals surface area contributed by atoms with Crippen LogP contribution in [0.25, 0.3) is 10.9 Å². The summed E-state index contributed by atoms with van der Waals surface area (Å²) in [5, 5.41) is 12.9. The van der Waals surface area contributed by atoms with E-state index in [0.717, 1.165) is 0 Å². The SMILES string of the molecule is O=C(O)Cc1ccnc2c(NC(=O)c3c(Cl)cccc3Cl)cccc12. The van der Waals surface area contributed by atoms with Gasteiger partial charge in [-0.25, -0.2) is 0 Å². The summed E-state index contributed by atoms with van der Waals surface area (Å²) in [4.78, 5) is 27.8. The maximum Gasteiger partial charge on any atom is 0.307 e. The minimum absolute atomic E-state index is 0.132. The average Bonchev–Trinajstić information content (AvgIpc) is 2.55. The zero-order chi connectivity index (χ0) is 18.0. The van der Waals surface area contributed by atoms with Gasteiger partial charge < -0.3 is 10.4 Å². The van der Waals surface area contributed by atoms with Gasteiger partial charge in [0.25, 0.3) is 5.91 Å². The average molecular weight is 375 g/mol. The number of carboxylic acid groups (broad SMARTS) is 1. The zero-order valence-electron chi connectivity index (χ0n) is 12.8. The van der Waals surface area contributed by atoms with E-state index in [1.54, 1.807) is 42.5 Å². The van der Waals surface area contributed by atoms with Crippen LogP contribution in [-0.2, 0) is 11.2 Å². The number of aromatic nitrogens is 1. The van der Waals surface area contributed by atoms with E-state index in [9.17, 15) is 9.59 Å². The van der Waals surface area contributed by atoms with Crippen molar-refractivity contribution in [1.82, 2.24) is 4.98 Å². The van der Waals surface area contributed by atoms with Crippen molar-refractivity contribution < 1.29 is 14.7 Å². The molecule has 1 heterocycles. The Balaban J connectivity index is 2.02. The topological polar surface area (TPSA) is 79.3 Å². The van der Waals surface area contributed by atoms with Gasteiger partial charge in [0, 0.05) is 11.6 Å². The molecule has 0 saturated heterocycles. The van der Waals surface area contributed by atoms with Crippen molar-refractivity contribution in [3.63, 3.8) is 0 Å². The van der Waals surface area contributed by atoms with Crippen LogP contribution in [0.2, 0.25) is 10.0 Å². The highest BCUT2D eigenvalue weighted by Gasteiger charge is 2.16. The number of benzene rings is 2. The summed E-state index contributed by atoms with van der Waals surface area (Å²) in [5.74, 6) is -1.40. The highest BCUT2D eigenvalue weighted by atomic mass is 35.5. The quantitative estimate of drug-likeness (QED) is 0.708. The number of para-hydroxylation sites is 1. The number of carbonyl (C=O) groups is 2. The van der Waals surface area contributed by atoms with Gasteiger partial charge in [-0.05, 0) is 29.8 Å². The van der Waals surface area contributed by atoms with Crippen LogP contribution in [0.3, 0.4) is 0 Å². The lowest BCUT2D eigenvalue weighted by molar-refractivity contribution is -0.136. The molecule has 2 N–H and O–H groups in total. The van der Waals surface area contributed by atoms with Crippen LogP contribution in [-0.4, -0.2) is 22.0 Å². The van der Waals surface area contributed by atoms with Gasteiger partial charge in [0.2, 0.25) is 0 Å². The minimum Gasteiger partial charge on any atom is -0.481 e. The number of halogens is 2. The number of hydrogen-bond donors (Lipinski definition) is 2. The third kappa shape index (κ3) is 3.57. The fourth-order valence-corrected chi connectivity index (χ4v) is 3.12. The van der Waals surface area contributed by atoms with Crippen molar-refractivity contribution in [2.45, 2.75) is 6.42 Å². The molecular formula is C18H12Cl2N2O3. The molecule has 0 radical (unpaired) electrons. The van der Waals surface area contributed by atoms with Gasteiger partial charge in [-0.2, -0.15) is 0 Å². The molecule has 0 atom stereocenters. The van der Waals surface area contributed by atoms with Crippen LogP contribution in [0.1, 0.15) is 15.9 Å². The first-order chi connectivity index (χ1) is 12.0. The molecule has 1 amide bonds. The Morgan fingerprint density at radius 3 is 2.40 bits per heavy atom. The van der Waals surface area contributed by atoms with Crippen molar-refractivity contribution in [2.75, 3.05) is 5.32 Å². The molecule has 3 rings (SSSR count). The molecule has 0 spiro atoms. The van der Waals surface area contributed by atoms with Crippen molar-refractivity contribution in [1.29, 1.82) is 0 Å². The van der Waals surface area contributed by atoms with Gasteiger partial charge >= 0.3 is 5.97 Å². The molecule has 0 aliphatic rings. The van der Waals surface area contributed by atoms with Crippen LogP contribution < -0.4 is 5.32 Å². The summed E-state index contributed by atoms with van der Waals surface area (Å²) in [6.07, 6.45) is 1.38. The van der Waals surface area contributed by atoms with Gasteiger partial charge in [-0.3, -0.25) is 14.6 Å². The molecule has 5 nitrogen and oxygen atoms in total. The summed E-state index contributed by atoms with van der Waals surface area (Å²) in [6, 6.07) is 11.6. The Labute approximate surface area is 153 Å². The minimum atomic E-state index is -0.940. The molecule has 0 saturated carbocycles. The maximum atomic E-state index is 12.6. The second kappa shape index (κ2) is 7.09. The number of nitrogens with one attached hydrogen (secondary N) is 1. The van der Waals surface area contributed by atoms with Gasteiger partial charge in [0.05, 0.1) is 33.2 Å². The molecule has 0 fully saturated rings. The van der Waals surface area contributed by atoms with E-state index in [4.69, 9.17) is 28.3 Å². The summed E-state index contributed by atoms with van der Waals surface area (Å²) in [6.45, 7) is 0. The summed E-state index contributed by atoms with van der Waals surface area (Å²) in [5.41, 5.74) is 1.73. The Morgan fingerprint density at radius 1 is 1.04 bits per heavy atom. The molecular weight excluding hydrogens is 363 g/mol. The number of pyridine rings is 1. The Kier molecular flexibility index (Phi) is 4.88. The number of amides is 1. The van der Waals surface area contributed by atoms with Crippen molar-refractivity contribution in [3.8, 4) is 0 Å². The van der Waals surface area contributed by atoms with Gasteiger partial charge in [-0.1, -0.05) is 41.4 Å². The molecule has 2 aromatic carbocycles. The Hall–Kier alpha value is -2.63. The standard InChI is InChI=1S/C18H12Cl2N2O3/c19-12-4-2-5-13(20)16(12)18(25)22-14-6-1-3-11-10(9-15(23)24)7-8-21-17(11)14/h1-8H,9H2,(H,22,25)(H,23,24). The first-order valence-electron chi connectivity index (χ1n) is 7.31. The molecule has 7 heteroatoms. The predicted octanol–water partition coefficient (Wildman–Crippen LogP) is 4.42. The van der Waals surface area contributed by atoms with Gasteiger partial charge in [0.15, 0.2) is 0 Å². The molecule has 0 aliphatic carbocycles. The highest BCUT2D eigenvalue weighted by Crippen LogP contribution is 2.28. The van der Waals surface area contributed by atoms with Crippen LogP contribution in [0.15, 0.2) is 48.7 Å². The zero-order valence-corrected chi connectivity index (χ0v) is 14.3. The second-order valence-corrected chi connectivity index (χ2v) is 6.11. The van der Waals surface area contributed by atoms with Gasteiger partial charge in [-0.15, -0.1) is 0 Å². The van der Waals surface area contributed by atoms with Crippen molar-refractivity contribution >= 4 is 51.7 Å².